The van der Waals surface area contributed by atoms with Crippen molar-refractivity contribution in [2.75, 3.05) is 0 Å². The molecule has 84 valence electrons. The number of hydrogen-bond donors (Lipinski definition) is 1. The Morgan fingerprint density at radius 2 is 1.94 bits per heavy atom. The van der Waals surface area contributed by atoms with Gasteiger partial charge in [-0.2, -0.15) is 5.10 Å². The highest BCUT2D eigenvalue weighted by Crippen LogP contribution is 2.19. The third kappa shape index (κ3) is 2.03. The second kappa shape index (κ2) is 4.39. The van der Waals surface area contributed by atoms with Crippen molar-refractivity contribution in [2.24, 2.45) is 0 Å². The van der Waals surface area contributed by atoms with Gasteiger partial charge < -0.3 is 0 Å². The van der Waals surface area contributed by atoms with Gasteiger partial charge in [0.05, 0.1) is 0 Å². The number of aromatic amines is 1. The van der Waals surface area contributed by atoms with Crippen LogP contribution in [0.4, 0.5) is 0 Å². The van der Waals surface area contributed by atoms with Crippen LogP contribution in [-0.2, 0) is 0 Å². The van der Waals surface area contributed by atoms with Gasteiger partial charge in [-0.05, 0) is 36.5 Å². The molecule has 0 bridgehead atoms. The molecule has 0 unspecified atom stereocenters. The zero-order valence-electron chi connectivity index (χ0n) is 9.07. The Morgan fingerprint density at radius 1 is 1.31 bits per heavy atom. The first-order valence-corrected chi connectivity index (χ1v) is 5.81. The number of hydrogen-bond acceptors (Lipinski definition) is 2. The Hall–Kier alpha value is -1.13. The zero-order chi connectivity index (χ0) is 11.7. The third-order valence-corrected chi connectivity index (χ3v) is 2.83. The predicted molar refractivity (Wildman–Crippen MR) is 67.8 cm³/mol. The van der Waals surface area contributed by atoms with Crippen molar-refractivity contribution >= 4 is 23.8 Å². The standard InChI is InChI=1S/C11H12ClN3S/c1-7(2)10-13-14-11(16)15(10)9-5-3-8(12)4-6-9/h3-7H,1-2H3,(H,14,16). The van der Waals surface area contributed by atoms with Gasteiger partial charge in [0.1, 0.15) is 5.82 Å². The summed E-state index contributed by atoms with van der Waals surface area (Å²) in [5.41, 5.74) is 0.979. The molecule has 0 fully saturated rings. The van der Waals surface area contributed by atoms with Crippen molar-refractivity contribution in [3.05, 3.63) is 39.9 Å². The van der Waals surface area contributed by atoms with E-state index in [1.807, 2.05) is 28.8 Å². The van der Waals surface area contributed by atoms with Crippen LogP contribution in [0.15, 0.2) is 24.3 Å². The lowest BCUT2D eigenvalue weighted by Crippen LogP contribution is -2.02. The van der Waals surface area contributed by atoms with Crippen molar-refractivity contribution in [3.63, 3.8) is 0 Å². The molecule has 0 saturated heterocycles. The van der Waals surface area contributed by atoms with Gasteiger partial charge in [0.2, 0.25) is 0 Å². The lowest BCUT2D eigenvalue weighted by Gasteiger charge is -2.08. The van der Waals surface area contributed by atoms with Crippen molar-refractivity contribution in [1.29, 1.82) is 0 Å². The summed E-state index contributed by atoms with van der Waals surface area (Å²) in [6.45, 7) is 4.16. The van der Waals surface area contributed by atoms with Crippen LogP contribution >= 0.6 is 23.8 Å². The summed E-state index contributed by atoms with van der Waals surface area (Å²) in [7, 11) is 0. The van der Waals surface area contributed by atoms with Crippen LogP contribution in [0.3, 0.4) is 0 Å². The normalized spacial score (nSPS) is 11.0. The van der Waals surface area contributed by atoms with Crippen LogP contribution in [0.2, 0.25) is 5.02 Å². The Kier molecular flexibility index (Phi) is 3.12. The maximum Gasteiger partial charge on any atom is 0.199 e. The van der Waals surface area contributed by atoms with E-state index >= 15 is 0 Å². The van der Waals surface area contributed by atoms with Gasteiger partial charge >= 0.3 is 0 Å². The van der Waals surface area contributed by atoms with Crippen LogP contribution in [0.5, 0.6) is 0 Å². The highest BCUT2D eigenvalue weighted by Gasteiger charge is 2.11. The molecule has 1 heterocycles. The molecule has 0 aliphatic carbocycles. The number of rotatable bonds is 2. The lowest BCUT2D eigenvalue weighted by molar-refractivity contribution is 0.744. The molecular weight excluding hydrogens is 242 g/mol. The molecule has 1 aromatic carbocycles. The molecule has 0 aliphatic rings. The smallest absolute Gasteiger partial charge is 0.199 e. The average Bonchev–Trinajstić information content (AvgIpc) is 2.62. The summed E-state index contributed by atoms with van der Waals surface area (Å²) in [6, 6.07) is 7.55. The minimum atomic E-state index is 0.309. The molecule has 2 aromatic rings. The second-order valence-corrected chi connectivity index (χ2v) is 4.68. The first-order valence-electron chi connectivity index (χ1n) is 5.03. The van der Waals surface area contributed by atoms with Crippen molar-refractivity contribution < 1.29 is 0 Å². The maximum atomic E-state index is 5.86. The highest BCUT2D eigenvalue weighted by atomic mass is 35.5. The van der Waals surface area contributed by atoms with Gasteiger partial charge in [-0.15, -0.1) is 0 Å². The largest absolute Gasteiger partial charge is 0.272 e. The van der Waals surface area contributed by atoms with Crippen LogP contribution < -0.4 is 0 Å². The van der Waals surface area contributed by atoms with Gasteiger partial charge in [0.25, 0.3) is 0 Å². The number of aromatic nitrogens is 3. The zero-order valence-corrected chi connectivity index (χ0v) is 10.6. The molecule has 0 radical (unpaired) electrons. The number of halogens is 1. The molecule has 0 spiro atoms. The molecule has 0 amide bonds. The lowest BCUT2D eigenvalue weighted by atomic mass is 10.2. The minimum absolute atomic E-state index is 0.309. The fourth-order valence-electron chi connectivity index (χ4n) is 1.54. The van der Waals surface area contributed by atoms with E-state index in [-0.39, 0.29) is 0 Å². The number of nitrogens with zero attached hydrogens (tertiary/aromatic N) is 2. The minimum Gasteiger partial charge on any atom is -0.272 e. The Morgan fingerprint density at radius 3 is 2.50 bits per heavy atom. The van der Waals surface area contributed by atoms with Crippen LogP contribution in [-0.4, -0.2) is 14.8 Å². The van der Waals surface area contributed by atoms with E-state index in [4.69, 9.17) is 23.8 Å². The SMILES string of the molecule is CC(C)c1n[nH]c(=S)n1-c1ccc(Cl)cc1. The Balaban J connectivity index is 2.59. The van der Waals surface area contributed by atoms with E-state index in [0.29, 0.717) is 15.7 Å². The molecule has 1 aromatic heterocycles. The quantitative estimate of drug-likeness (QED) is 0.828. The second-order valence-electron chi connectivity index (χ2n) is 3.85. The average molecular weight is 254 g/mol. The summed E-state index contributed by atoms with van der Waals surface area (Å²) < 4.78 is 2.53. The summed E-state index contributed by atoms with van der Waals surface area (Å²) >= 11 is 11.1. The van der Waals surface area contributed by atoms with Crippen LogP contribution in [0.1, 0.15) is 25.6 Å². The Labute approximate surface area is 104 Å². The van der Waals surface area contributed by atoms with Crippen molar-refractivity contribution in [1.82, 2.24) is 14.8 Å². The molecule has 3 nitrogen and oxygen atoms in total. The fourth-order valence-corrected chi connectivity index (χ4v) is 1.91. The summed E-state index contributed by atoms with van der Waals surface area (Å²) in [6.07, 6.45) is 0. The summed E-state index contributed by atoms with van der Waals surface area (Å²) in [5, 5.41) is 7.75. The molecule has 1 N–H and O–H groups in total. The van der Waals surface area contributed by atoms with E-state index in [1.165, 1.54) is 0 Å². The van der Waals surface area contributed by atoms with Gasteiger partial charge in [0.15, 0.2) is 4.77 Å². The number of benzene rings is 1. The molecule has 0 aliphatic heterocycles. The van der Waals surface area contributed by atoms with Gasteiger partial charge in [-0.3, -0.25) is 9.67 Å². The van der Waals surface area contributed by atoms with Crippen molar-refractivity contribution in [3.8, 4) is 5.69 Å². The molecule has 0 atom stereocenters. The Bertz CT molecular complexity index is 539. The topological polar surface area (TPSA) is 33.6 Å². The molecule has 0 saturated carbocycles. The molecule has 16 heavy (non-hydrogen) atoms. The van der Waals surface area contributed by atoms with Crippen LogP contribution in [0, 0.1) is 4.77 Å². The number of H-pyrrole nitrogens is 1. The molecule has 2 rings (SSSR count). The summed E-state index contributed by atoms with van der Waals surface area (Å²) in [5.74, 6) is 1.23. The van der Waals surface area contributed by atoms with Gasteiger partial charge in [-0.1, -0.05) is 25.4 Å². The first-order chi connectivity index (χ1) is 7.59. The van der Waals surface area contributed by atoms with E-state index in [1.54, 1.807) is 0 Å². The fraction of sp³-hybridized carbons (Fsp3) is 0.273. The van der Waals surface area contributed by atoms with Crippen molar-refractivity contribution in [2.45, 2.75) is 19.8 Å². The highest BCUT2D eigenvalue weighted by molar-refractivity contribution is 7.71. The summed E-state index contributed by atoms with van der Waals surface area (Å²) in [4.78, 5) is 0. The van der Waals surface area contributed by atoms with E-state index < -0.39 is 0 Å². The molecule has 5 heteroatoms. The maximum absolute atomic E-state index is 5.86. The van der Waals surface area contributed by atoms with Crippen LogP contribution in [0.25, 0.3) is 5.69 Å². The van der Waals surface area contributed by atoms with Gasteiger partial charge in [0, 0.05) is 16.6 Å². The predicted octanol–water partition coefficient (Wildman–Crippen LogP) is 3.71. The first kappa shape index (κ1) is 11.4. The van der Waals surface area contributed by atoms with Gasteiger partial charge in [-0.25, -0.2) is 0 Å². The third-order valence-electron chi connectivity index (χ3n) is 2.30. The van der Waals surface area contributed by atoms with E-state index in [0.717, 1.165) is 11.5 Å². The number of nitrogens with one attached hydrogen (secondary N) is 1. The monoisotopic (exact) mass is 253 g/mol. The van der Waals surface area contributed by atoms with E-state index in [2.05, 4.69) is 24.0 Å². The van der Waals surface area contributed by atoms with E-state index in [9.17, 15) is 0 Å². The molecular formula is C11H12ClN3S.